The number of nitrogens with one attached hydrogen (secondary N) is 1. The van der Waals surface area contributed by atoms with Crippen LogP contribution in [-0.2, 0) is 22.6 Å². The van der Waals surface area contributed by atoms with Gasteiger partial charge in [0, 0.05) is 24.5 Å². The third-order valence-corrected chi connectivity index (χ3v) is 7.34. The van der Waals surface area contributed by atoms with Crippen LogP contribution in [0.5, 0.6) is 5.75 Å². The van der Waals surface area contributed by atoms with E-state index in [9.17, 15) is 9.59 Å². The monoisotopic (exact) mass is 592 g/mol. The minimum atomic E-state index is -0.712. The SMILES string of the molecule is CCCNC(=O)[C@H](Cc1ccccc1)N(Cc1ccc(Cl)cc1)C(=O)COc1ccc2ccccc2c1Br. The molecule has 4 aromatic carbocycles. The molecular formula is C31H30BrClN2O3. The van der Waals surface area contributed by atoms with Gasteiger partial charge >= 0.3 is 0 Å². The maximum atomic E-state index is 13.8. The number of nitrogens with zero attached hydrogens (tertiary/aromatic N) is 1. The lowest BCUT2D eigenvalue weighted by Gasteiger charge is -2.31. The van der Waals surface area contributed by atoms with Crippen molar-refractivity contribution in [1.82, 2.24) is 10.2 Å². The largest absolute Gasteiger partial charge is 0.483 e. The molecule has 0 unspecified atom stereocenters. The third-order valence-electron chi connectivity index (χ3n) is 6.27. The van der Waals surface area contributed by atoms with Gasteiger partial charge in [0.05, 0.1) is 4.47 Å². The van der Waals surface area contributed by atoms with E-state index < -0.39 is 6.04 Å². The van der Waals surface area contributed by atoms with E-state index in [-0.39, 0.29) is 25.0 Å². The normalized spacial score (nSPS) is 11.7. The molecule has 0 spiro atoms. The third kappa shape index (κ3) is 7.15. The van der Waals surface area contributed by atoms with Crippen LogP contribution in [0, 0.1) is 0 Å². The van der Waals surface area contributed by atoms with Gasteiger partial charge in [0.1, 0.15) is 11.8 Å². The molecule has 0 saturated heterocycles. The van der Waals surface area contributed by atoms with Crippen molar-refractivity contribution in [3.63, 3.8) is 0 Å². The van der Waals surface area contributed by atoms with Crippen molar-refractivity contribution in [3.8, 4) is 5.75 Å². The lowest BCUT2D eigenvalue weighted by molar-refractivity contribution is -0.142. The summed E-state index contributed by atoms with van der Waals surface area (Å²) in [4.78, 5) is 28.8. The fourth-order valence-corrected chi connectivity index (χ4v) is 4.99. The molecule has 1 atom stereocenters. The van der Waals surface area contributed by atoms with Gasteiger partial charge in [-0.2, -0.15) is 0 Å². The molecule has 7 heteroatoms. The van der Waals surface area contributed by atoms with Crippen LogP contribution in [0.25, 0.3) is 10.8 Å². The zero-order chi connectivity index (χ0) is 26.9. The van der Waals surface area contributed by atoms with Gasteiger partial charge in [-0.3, -0.25) is 9.59 Å². The maximum Gasteiger partial charge on any atom is 0.261 e. The number of amides is 2. The first-order valence-electron chi connectivity index (χ1n) is 12.6. The van der Waals surface area contributed by atoms with Crippen molar-refractivity contribution in [1.29, 1.82) is 0 Å². The number of rotatable bonds is 11. The fourth-order valence-electron chi connectivity index (χ4n) is 4.25. The quantitative estimate of drug-likeness (QED) is 0.208. The minimum Gasteiger partial charge on any atom is -0.483 e. The van der Waals surface area contributed by atoms with Crippen molar-refractivity contribution in [2.45, 2.75) is 32.4 Å². The van der Waals surface area contributed by atoms with E-state index in [1.165, 1.54) is 0 Å². The number of hydrogen-bond donors (Lipinski definition) is 1. The lowest BCUT2D eigenvalue weighted by atomic mass is 10.0. The Bertz CT molecular complexity index is 1380. The van der Waals surface area contributed by atoms with Crippen LogP contribution >= 0.6 is 27.5 Å². The Morgan fingerprint density at radius 3 is 2.37 bits per heavy atom. The Kier molecular flexibility index (Phi) is 9.79. The average molecular weight is 594 g/mol. The summed E-state index contributed by atoms with van der Waals surface area (Å²) in [6.45, 7) is 2.57. The Labute approximate surface area is 236 Å². The highest BCUT2D eigenvalue weighted by Gasteiger charge is 2.30. The topological polar surface area (TPSA) is 58.6 Å². The van der Waals surface area contributed by atoms with Gasteiger partial charge in [0.25, 0.3) is 5.91 Å². The first kappa shape index (κ1) is 27.7. The second kappa shape index (κ2) is 13.4. The molecule has 1 N–H and O–H groups in total. The summed E-state index contributed by atoms with van der Waals surface area (Å²) < 4.78 is 6.80. The maximum absolute atomic E-state index is 13.8. The number of carbonyl (C=O) groups is 2. The van der Waals surface area contributed by atoms with E-state index in [2.05, 4.69) is 21.2 Å². The van der Waals surface area contributed by atoms with E-state index >= 15 is 0 Å². The zero-order valence-electron chi connectivity index (χ0n) is 21.2. The highest BCUT2D eigenvalue weighted by atomic mass is 79.9. The number of halogens is 2. The highest BCUT2D eigenvalue weighted by Crippen LogP contribution is 2.33. The summed E-state index contributed by atoms with van der Waals surface area (Å²) in [7, 11) is 0. The van der Waals surface area contributed by atoms with Gasteiger partial charge in [-0.1, -0.05) is 91.3 Å². The van der Waals surface area contributed by atoms with E-state index in [0.717, 1.165) is 32.8 Å². The van der Waals surface area contributed by atoms with Crippen LogP contribution in [0.1, 0.15) is 24.5 Å². The number of carbonyl (C=O) groups excluding carboxylic acids is 2. The van der Waals surface area contributed by atoms with Gasteiger partial charge < -0.3 is 15.0 Å². The van der Waals surface area contributed by atoms with Gasteiger partial charge in [-0.05, 0) is 62.4 Å². The second-order valence-electron chi connectivity index (χ2n) is 9.03. The van der Waals surface area contributed by atoms with Crippen LogP contribution in [0.4, 0.5) is 0 Å². The minimum absolute atomic E-state index is 0.190. The standard InChI is InChI=1S/C31H30BrClN2O3/c1-2-18-34-31(37)27(19-22-8-4-3-5-9-22)35(20-23-12-15-25(33)16-13-23)29(36)21-38-28-17-14-24-10-6-7-11-26(24)30(28)32/h3-17,27H,2,18-21H2,1H3,(H,34,37)/t27-/m0/s1. The first-order chi connectivity index (χ1) is 18.5. The van der Waals surface area contributed by atoms with Crippen molar-refractivity contribution < 1.29 is 14.3 Å². The molecule has 0 fully saturated rings. The van der Waals surface area contributed by atoms with Gasteiger partial charge in [0.2, 0.25) is 5.91 Å². The van der Waals surface area contributed by atoms with E-state index in [4.69, 9.17) is 16.3 Å². The molecular weight excluding hydrogens is 564 g/mol. The smallest absolute Gasteiger partial charge is 0.261 e. The summed E-state index contributed by atoms with van der Waals surface area (Å²) in [6, 6.07) is 28.1. The molecule has 0 saturated carbocycles. The first-order valence-corrected chi connectivity index (χ1v) is 13.8. The molecule has 0 aliphatic carbocycles. The van der Waals surface area contributed by atoms with Gasteiger partial charge in [-0.15, -0.1) is 0 Å². The highest BCUT2D eigenvalue weighted by molar-refractivity contribution is 9.10. The van der Waals surface area contributed by atoms with Gasteiger partial charge in [-0.25, -0.2) is 0 Å². The summed E-state index contributed by atoms with van der Waals surface area (Å²) in [6.07, 6.45) is 1.18. The van der Waals surface area contributed by atoms with E-state index in [0.29, 0.717) is 23.7 Å². The molecule has 0 heterocycles. The van der Waals surface area contributed by atoms with Crippen LogP contribution < -0.4 is 10.1 Å². The van der Waals surface area contributed by atoms with E-state index in [1.807, 2.05) is 85.8 Å². The second-order valence-corrected chi connectivity index (χ2v) is 10.3. The van der Waals surface area contributed by atoms with Crippen molar-refractivity contribution in [3.05, 3.63) is 112 Å². The molecule has 0 radical (unpaired) electrons. The molecule has 196 valence electrons. The molecule has 0 aliphatic rings. The Morgan fingerprint density at radius 2 is 1.63 bits per heavy atom. The Hall–Kier alpha value is -3.35. The number of ether oxygens (including phenoxy) is 1. The average Bonchev–Trinajstić information content (AvgIpc) is 2.94. The lowest BCUT2D eigenvalue weighted by Crippen LogP contribution is -2.51. The number of hydrogen-bond acceptors (Lipinski definition) is 3. The summed E-state index contributed by atoms with van der Waals surface area (Å²) >= 11 is 9.72. The van der Waals surface area contributed by atoms with Gasteiger partial charge in [0.15, 0.2) is 6.61 Å². The van der Waals surface area contributed by atoms with Crippen LogP contribution in [0.15, 0.2) is 95.5 Å². The fraction of sp³-hybridized carbons (Fsp3) is 0.226. The molecule has 4 rings (SSSR count). The molecule has 0 bridgehead atoms. The molecule has 38 heavy (non-hydrogen) atoms. The zero-order valence-corrected chi connectivity index (χ0v) is 23.5. The molecule has 5 nitrogen and oxygen atoms in total. The molecule has 4 aromatic rings. The van der Waals surface area contributed by atoms with Crippen molar-refractivity contribution >= 4 is 50.1 Å². The summed E-state index contributed by atoms with van der Waals surface area (Å²) in [5.41, 5.74) is 1.84. The van der Waals surface area contributed by atoms with Crippen LogP contribution in [-0.4, -0.2) is 35.9 Å². The molecule has 0 aliphatic heterocycles. The number of fused-ring (bicyclic) bond motifs is 1. The predicted octanol–water partition coefficient (Wildman–Crippen LogP) is 6.80. The Morgan fingerprint density at radius 1 is 0.921 bits per heavy atom. The van der Waals surface area contributed by atoms with Crippen molar-refractivity contribution in [2.75, 3.05) is 13.2 Å². The van der Waals surface area contributed by atoms with E-state index in [1.54, 1.807) is 17.0 Å². The molecule has 0 aromatic heterocycles. The van der Waals surface area contributed by atoms with Crippen LogP contribution in [0.3, 0.4) is 0 Å². The van der Waals surface area contributed by atoms with Crippen LogP contribution in [0.2, 0.25) is 5.02 Å². The predicted molar refractivity (Wildman–Crippen MR) is 156 cm³/mol. The Balaban J connectivity index is 1.62. The number of benzene rings is 4. The summed E-state index contributed by atoms with van der Waals surface area (Å²) in [5.74, 6) is 0.0935. The van der Waals surface area contributed by atoms with Crippen molar-refractivity contribution in [2.24, 2.45) is 0 Å². The summed E-state index contributed by atoms with van der Waals surface area (Å²) in [5, 5.41) is 5.66. The molecule has 2 amide bonds.